The molecule has 0 aliphatic carbocycles. The normalized spacial score (nSPS) is 15.6. The van der Waals surface area contributed by atoms with Crippen LogP contribution in [0.1, 0.15) is 11.3 Å². The molecule has 2 aromatic carbocycles. The fourth-order valence-electron chi connectivity index (χ4n) is 2.79. The van der Waals surface area contributed by atoms with Gasteiger partial charge in [-0.1, -0.05) is 41.9 Å². The molecule has 1 aromatic heterocycles. The van der Waals surface area contributed by atoms with Gasteiger partial charge in [0.2, 0.25) is 0 Å². The first-order chi connectivity index (χ1) is 13.5. The third-order valence-corrected chi connectivity index (χ3v) is 5.31. The van der Waals surface area contributed by atoms with E-state index in [4.69, 9.17) is 16.0 Å². The molecule has 1 aliphatic rings. The van der Waals surface area contributed by atoms with E-state index < -0.39 is 17.0 Å². The number of hydrogen-bond donors (Lipinski definition) is 0. The number of nitrogens with zero attached hydrogens (tertiary/aromatic N) is 1. The van der Waals surface area contributed by atoms with Crippen LogP contribution >= 0.6 is 23.4 Å². The Morgan fingerprint density at radius 2 is 1.89 bits per heavy atom. The summed E-state index contributed by atoms with van der Waals surface area (Å²) in [4.78, 5) is 26.1. The molecule has 1 saturated heterocycles. The number of imide groups is 1. The maximum absolute atomic E-state index is 13.8. The lowest BCUT2D eigenvalue weighted by atomic mass is 10.2. The van der Waals surface area contributed by atoms with Gasteiger partial charge in [0.15, 0.2) is 0 Å². The van der Waals surface area contributed by atoms with Crippen LogP contribution in [-0.2, 0) is 11.3 Å². The maximum Gasteiger partial charge on any atom is 0.293 e. The van der Waals surface area contributed by atoms with Gasteiger partial charge in [0.25, 0.3) is 11.1 Å². The largest absolute Gasteiger partial charge is 0.457 e. The molecule has 0 atom stereocenters. The first-order valence-corrected chi connectivity index (χ1v) is 9.55. The Balaban J connectivity index is 1.55. The summed E-state index contributed by atoms with van der Waals surface area (Å²) in [6.07, 6.45) is 1.51. The Labute approximate surface area is 169 Å². The molecular weight excluding hydrogens is 401 g/mol. The van der Waals surface area contributed by atoms with Crippen molar-refractivity contribution in [3.8, 4) is 11.3 Å². The smallest absolute Gasteiger partial charge is 0.293 e. The monoisotopic (exact) mass is 413 g/mol. The van der Waals surface area contributed by atoms with Crippen molar-refractivity contribution in [3.05, 3.63) is 87.7 Å². The number of amides is 2. The summed E-state index contributed by atoms with van der Waals surface area (Å²) in [5, 5.41) is 0.144. The minimum absolute atomic E-state index is 0.111. The van der Waals surface area contributed by atoms with Gasteiger partial charge in [0.1, 0.15) is 17.3 Å². The predicted octanol–water partition coefficient (Wildman–Crippen LogP) is 5.98. The van der Waals surface area contributed by atoms with Gasteiger partial charge in [0.05, 0.1) is 11.4 Å². The van der Waals surface area contributed by atoms with Crippen molar-refractivity contribution >= 4 is 40.6 Å². The zero-order chi connectivity index (χ0) is 19.7. The second-order valence-electron chi connectivity index (χ2n) is 6.07. The standard InChI is InChI=1S/C21H13ClFNO3S/c22-15-6-3-5-13(10-15)18-9-8-16(27-18)11-19-20(25)24(21(26)28-19)12-14-4-1-2-7-17(14)23/h1-11H,12H2/b19-11-. The van der Waals surface area contributed by atoms with Gasteiger partial charge in [-0.3, -0.25) is 14.5 Å². The molecule has 4 rings (SSSR count). The molecular formula is C21H13ClFNO3S. The van der Waals surface area contributed by atoms with Crippen LogP contribution in [0.4, 0.5) is 9.18 Å². The molecule has 4 nitrogen and oxygen atoms in total. The molecule has 2 amide bonds. The van der Waals surface area contributed by atoms with E-state index in [-0.39, 0.29) is 17.0 Å². The van der Waals surface area contributed by atoms with Crippen LogP contribution in [0.3, 0.4) is 0 Å². The van der Waals surface area contributed by atoms with Crippen LogP contribution in [0.2, 0.25) is 5.02 Å². The van der Waals surface area contributed by atoms with Crippen molar-refractivity contribution in [2.45, 2.75) is 6.54 Å². The van der Waals surface area contributed by atoms with Gasteiger partial charge < -0.3 is 4.42 Å². The van der Waals surface area contributed by atoms with Crippen molar-refractivity contribution in [1.82, 2.24) is 4.90 Å². The average molecular weight is 414 g/mol. The van der Waals surface area contributed by atoms with Gasteiger partial charge in [-0.25, -0.2) is 4.39 Å². The van der Waals surface area contributed by atoms with Crippen molar-refractivity contribution in [1.29, 1.82) is 0 Å². The average Bonchev–Trinajstić information content (AvgIpc) is 3.24. The van der Waals surface area contributed by atoms with Gasteiger partial charge in [0, 0.05) is 22.2 Å². The molecule has 28 heavy (non-hydrogen) atoms. The molecule has 1 fully saturated rings. The number of furan rings is 1. The van der Waals surface area contributed by atoms with Gasteiger partial charge in [-0.15, -0.1) is 0 Å². The third-order valence-electron chi connectivity index (χ3n) is 4.17. The summed E-state index contributed by atoms with van der Waals surface area (Å²) >= 11 is 6.80. The molecule has 0 radical (unpaired) electrons. The van der Waals surface area contributed by atoms with Crippen molar-refractivity contribution < 1.29 is 18.4 Å². The fourth-order valence-corrected chi connectivity index (χ4v) is 3.80. The van der Waals surface area contributed by atoms with Crippen LogP contribution in [0.5, 0.6) is 0 Å². The Kier molecular flexibility index (Phi) is 5.07. The van der Waals surface area contributed by atoms with E-state index in [2.05, 4.69) is 0 Å². The van der Waals surface area contributed by atoms with Crippen molar-refractivity contribution in [2.75, 3.05) is 0 Å². The molecule has 2 heterocycles. The Morgan fingerprint density at radius 3 is 2.68 bits per heavy atom. The second kappa shape index (κ2) is 7.66. The van der Waals surface area contributed by atoms with Crippen LogP contribution in [0.25, 0.3) is 17.4 Å². The Morgan fingerprint density at radius 1 is 1.07 bits per heavy atom. The first-order valence-electron chi connectivity index (χ1n) is 8.36. The fraction of sp³-hybridized carbons (Fsp3) is 0.0476. The Hall–Kier alpha value is -2.83. The van der Waals surface area contributed by atoms with Crippen LogP contribution in [-0.4, -0.2) is 16.0 Å². The van der Waals surface area contributed by atoms with Gasteiger partial charge in [-0.05, 0) is 42.1 Å². The van der Waals surface area contributed by atoms with Crippen LogP contribution in [0.15, 0.2) is 70.0 Å². The topological polar surface area (TPSA) is 50.5 Å². The molecule has 7 heteroatoms. The number of rotatable bonds is 4. The third kappa shape index (κ3) is 3.74. The van der Waals surface area contributed by atoms with E-state index in [1.165, 1.54) is 12.1 Å². The molecule has 1 aliphatic heterocycles. The zero-order valence-corrected chi connectivity index (χ0v) is 16.0. The molecule has 0 N–H and O–H groups in total. The predicted molar refractivity (Wildman–Crippen MR) is 107 cm³/mol. The van der Waals surface area contributed by atoms with Crippen LogP contribution in [0, 0.1) is 5.82 Å². The van der Waals surface area contributed by atoms with Gasteiger partial charge >= 0.3 is 0 Å². The van der Waals surface area contributed by atoms with E-state index in [1.807, 2.05) is 12.1 Å². The van der Waals surface area contributed by atoms with Crippen molar-refractivity contribution in [3.63, 3.8) is 0 Å². The summed E-state index contributed by atoms with van der Waals surface area (Å²) in [7, 11) is 0. The minimum Gasteiger partial charge on any atom is -0.457 e. The number of thioether (sulfide) groups is 1. The highest BCUT2D eigenvalue weighted by Crippen LogP contribution is 2.34. The highest BCUT2D eigenvalue weighted by molar-refractivity contribution is 8.18. The lowest BCUT2D eigenvalue weighted by molar-refractivity contribution is -0.123. The summed E-state index contributed by atoms with van der Waals surface area (Å²) in [5.74, 6) is 0.104. The number of hydrogen-bond acceptors (Lipinski definition) is 4. The van der Waals surface area contributed by atoms with E-state index in [1.54, 1.807) is 42.5 Å². The van der Waals surface area contributed by atoms with E-state index >= 15 is 0 Å². The second-order valence-corrected chi connectivity index (χ2v) is 7.50. The summed E-state index contributed by atoms with van der Waals surface area (Å²) in [6, 6.07) is 16.7. The molecule has 0 spiro atoms. The maximum atomic E-state index is 13.8. The SMILES string of the molecule is O=C1S/C(=C\c2ccc(-c3cccc(Cl)c3)o2)C(=O)N1Cc1ccccc1F. The minimum atomic E-state index is -0.473. The molecule has 0 unspecified atom stereocenters. The lowest BCUT2D eigenvalue weighted by Gasteiger charge is -2.12. The highest BCUT2D eigenvalue weighted by Gasteiger charge is 2.35. The Bertz CT molecular complexity index is 1110. The molecule has 0 bridgehead atoms. The van der Waals surface area contributed by atoms with Crippen LogP contribution < -0.4 is 0 Å². The lowest BCUT2D eigenvalue weighted by Crippen LogP contribution is -2.27. The number of halogens is 2. The highest BCUT2D eigenvalue weighted by atomic mass is 35.5. The van der Waals surface area contributed by atoms with E-state index in [0.29, 0.717) is 16.5 Å². The van der Waals surface area contributed by atoms with E-state index in [0.717, 1.165) is 22.2 Å². The molecule has 140 valence electrons. The zero-order valence-electron chi connectivity index (χ0n) is 14.4. The van der Waals surface area contributed by atoms with E-state index in [9.17, 15) is 14.0 Å². The summed E-state index contributed by atoms with van der Waals surface area (Å²) < 4.78 is 19.6. The molecule has 3 aromatic rings. The first kappa shape index (κ1) is 18.5. The summed E-state index contributed by atoms with van der Waals surface area (Å²) in [5.41, 5.74) is 1.09. The quantitative estimate of drug-likeness (QED) is 0.494. The number of benzene rings is 2. The summed E-state index contributed by atoms with van der Waals surface area (Å²) in [6.45, 7) is -0.111. The number of carbonyl (C=O) groups is 2. The van der Waals surface area contributed by atoms with Crippen molar-refractivity contribution in [2.24, 2.45) is 0 Å². The number of carbonyl (C=O) groups excluding carboxylic acids is 2. The molecule has 0 saturated carbocycles. The van der Waals surface area contributed by atoms with Gasteiger partial charge in [-0.2, -0.15) is 0 Å².